The van der Waals surface area contributed by atoms with Crippen LogP contribution in [0.15, 0.2) is 24.4 Å². The molecule has 2 fully saturated rings. The van der Waals surface area contributed by atoms with E-state index in [1.54, 1.807) is 0 Å². The Kier molecular flexibility index (Phi) is 5.15. The zero-order valence-electron chi connectivity index (χ0n) is 19.7. The largest absolute Gasteiger partial charge is 0.347 e. The minimum Gasteiger partial charge on any atom is -0.347 e. The lowest BCUT2D eigenvalue weighted by atomic mass is 9.80. The number of aromatic nitrogens is 5. The summed E-state index contributed by atoms with van der Waals surface area (Å²) in [6.07, 6.45) is 9.99. The Hall–Kier alpha value is -3.23. The maximum absolute atomic E-state index is 13.4. The molecular formula is C25H31N7O2. The van der Waals surface area contributed by atoms with Crippen LogP contribution < -0.4 is 5.32 Å². The van der Waals surface area contributed by atoms with E-state index >= 15 is 0 Å². The van der Waals surface area contributed by atoms with Crippen molar-refractivity contribution in [2.75, 3.05) is 13.1 Å². The third-order valence-corrected chi connectivity index (χ3v) is 8.16. The maximum Gasteiger partial charge on any atom is 0.289 e. The normalized spacial score (nSPS) is 22.9. The van der Waals surface area contributed by atoms with Crippen molar-refractivity contribution in [1.82, 2.24) is 34.4 Å². The molecule has 1 atom stereocenters. The van der Waals surface area contributed by atoms with Gasteiger partial charge in [-0.2, -0.15) is 0 Å². The van der Waals surface area contributed by atoms with Gasteiger partial charge in [0.1, 0.15) is 17.2 Å². The molecule has 0 aromatic carbocycles. The predicted molar refractivity (Wildman–Crippen MR) is 126 cm³/mol. The summed E-state index contributed by atoms with van der Waals surface area (Å²) < 4.78 is 3.98. The number of pyridine rings is 1. The number of nitrogens with one attached hydrogen (secondary N) is 1. The molecular weight excluding hydrogens is 430 g/mol. The molecule has 3 aromatic heterocycles. The van der Waals surface area contributed by atoms with Gasteiger partial charge < -0.3 is 19.2 Å². The number of carbonyl (C=O) groups excluding carboxylic acids is 2. The third kappa shape index (κ3) is 3.58. The average molecular weight is 462 g/mol. The minimum absolute atomic E-state index is 0.0124. The zero-order valence-corrected chi connectivity index (χ0v) is 19.7. The molecule has 1 spiro atoms. The van der Waals surface area contributed by atoms with Crippen molar-refractivity contribution in [3.63, 3.8) is 0 Å². The first kappa shape index (κ1) is 21.3. The number of aryl methyl sites for hydroxylation is 2. The van der Waals surface area contributed by atoms with Gasteiger partial charge in [0, 0.05) is 38.3 Å². The molecule has 1 aliphatic carbocycles. The first-order valence-electron chi connectivity index (χ1n) is 12.5. The Bertz CT molecular complexity index is 1260. The number of likely N-dealkylation sites (tertiary alicyclic amines) is 1. The zero-order chi connectivity index (χ0) is 23.3. The van der Waals surface area contributed by atoms with Crippen LogP contribution in [0.2, 0.25) is 0 Å². The van der Waals surface area contributed by atoms with Crippen molar-refractivity contribution >= 4 is 17.5 Å². The summed E-state index contributed by atoms with van der Waals surface area (Å²) >= 11 is 0. The summed E-state index contributed by atoms with van der Waals surface area (Å²) in [6, 6.07) is 6.07. The van der Waals surface area contributed by atoms with E-state index in [0.29, 0.717) is 18.1 Å². The van der Waals surface area contributed by atoms with Crippen LogP contribution in [0.25, 0.3) is 5.65 Å². The van der Waals surface area contributed by atoms with Gasteiger partial charge in [-0.25, -0.2) is 4.98 Å². The van der Waals surface area contributed by atoms with Crippen LogP contribution in [0.3, 0.4) is 0 Å². The summed E-state index contributed by atoms with van der Waals surface area (Å²) in [6.45, 7) is 4.13. The molecule has 0 bridgehead atoms. The van der Waals surface area contributed by atoms with Crippen LogP contribution in [-0.4, -0.2) is 60.0 Å². The number of hydrogen-bond donors (Lipinski definition) is 1. The molecule has 3 aliphatic rings. The van der Waals surface area contributed by atoms with E-state index in [4.69, 9.17) is 0 Å². The molecule has 6 rings (SSSR count). The van der Waals surface area contributed by atoms with Crippen LogP contribution in [0.4, 0.5) is 0 Å². The number of hydrogen-bond acceptors (Lipinski definition) is 5. The Balaban J connectivity index is 1.16. The highest BCUT2D eigenvalue weighted by Gasteiger charge is 2.42. The van der Waals surface area contributed by atoms with Gasteiger partial charge >= 0.3 is 0 Å². The van der Waals surface area contributed by atoms with Gasteiger partial charge in [0.05, 0.1) is 5.69 Å². The number of fused-ring (bicyclic) bond motifs is 2. The SMILES string of the molecule is Cc1c(C(=O)N2CCC3(CCc4nnc(C(=O)NC5CCCC5)n4CC3)C2)nc2ccccn12. The van der Waals surface area contributed by atoms with E-state index in [1.165, 1.54) is 12.8 Å². The average Bonchev–Trinajstić information content (AvgIpc) is 3.62. The standard InChI is InChI=1S/C25H31N7O2/c1-17-21(27-19-8-4-5-13-31(17)19)24(34)30-14-11-25(16-30)10-9-20-28-29-22(32(20)15-12-25)23(33)26-18-6-2-3-7-18/h4-5,8,13,18H,2-3,6-7,9-12,14-16H2,1H3,(H,26,33). The van der Waals surface area contributed by atoms with Crippen molar-refractivity contribution in [1.29, 1.82) is 0 Å². The second-order valence-electron chi connectivity index (χ2n) is 10.2. The first-order chi connectivity index (χ1) is 16.5. The van der Waals surface area contributed by atoms with Crippen molar-refractivity contribution in [2.45, 2.75) is 70.9 Å². The highest BCUT2D eigenvalue weighted by molar-refractivity contribution is 5.94. The molecule has 2 amide bonds. The lowest BCUT2D eigenvalue weighted by molar-refractivity contribution is 0.0761. The second-order valence-corrected chi connectivity index (χ2v) is 10.2. The molecule has 0 radical (unpaired) electrons. The van der Waals surface area contributed by atoms with Crippen molar-refractivity contribution < 1.29 is 9.59 Å². The van der Waals surface area contributed by atoms with Crippen molar-refractivity contribution in [3.8, 4) is 0 Å². The lowest BCUT2D eigenvalue weighted by Gasteiger charge is -2.27. The van der Waals surface area contributed by atoms with Crippen LogP contribution in [0.5, 0.6) is 0 Å². The van der Waals surface area contributed by atoms with E-state index in [2.05, 4.69) is 20.5 Å². The van der Waals surface area contributed by atoms with Crippen LogP contribution in [0, 0.1) is 12.3 Å². The van der Waals surface area contributed by atoms with Crippen molar-refractivity contribution in [3.05, 3.63) is 47.4 Å². The van der Waals surface area contributed by atoms with Gasteiger partial charge in [0.15, 0.2) is 0 Å². The highest BCUT2D eigenvalue weighted by Crippen LogP contribution is 2.41. The summed E-state index contributed by atoms with van der Waals surface area (Å²) in [7, 11) is 0. The summed E-state index contributed by atoms with van der Waals surface area (Å²) in [5, 5.41) is 11.7. The number of nitrogens with zero attached hydrogens (tertiary/aromatic N) is 6. The molecule has 3 aromatic rings. The van der Waals surface area contributed by atoms with Crippen LogP contribution >= 0.6 is 0 Å². The quantitative estimate of drug-likeness (QED) is 0.647. The van der Waals surface area contributed by atoms with Gasteiger partial charge in [-0.3, -0.25) is 9.59 Å². The molecule has 1 N–H and O–H groups in total. The van der Waals surface area contributed by atoms with Gasteiger partial charge in [-0.1, -0.05) is 18.9 Å². The third-order valence-electron chi connectivity index (χ3n) is 8.16. The number of rotatable bonds is 3. The summed E-state index contributed by atoms with van der Waals surface area (Å²) in [5.74, 6) is 1.23. The van der Waals surface area contributed by atoms with E-state index in [9.17, 15) is 9.59 Å². The molecule has 34 heavy (non-hydrogen) atoms. The fourth-order valence-electron chi connectivity index (χ4n) is 6.08. The maximum atomic E-state index is 13.4. The van der Waals surface area contributed by atoms with Gasteiger partial charge in [0.2, 0.25) is 5.82 Å². The summed E-state index contributed by atoms with van der Waals surface area (Å²) in [4.78, 5) is 32.8. The predicted octanol–water partition coefficient (Wildman–Crippen LogP) is 2.78. The van der Waals surface area contributed by atoms with E-state index in [1.807, 2.05) is 45.2 Å². The number of imidazole rings is 1. The van der Waals surface area contributed by atoms with E-state index in [0.717, 1.165) is 68.8 Å². The Morgan fingerprint density at radius 1 is 1.09 bits per heavy atom. The first-order valence-corrected chi connectivity index (χ1v) is 12.5. The monoisotopic (exact) mass is 461 g/mol. The van der Waals surface area contributed by atoms with Gasteiger partial charge in [-0.15, -0.1) is 10.2 Å². The lowest BCUT2D eigenvalue weighted by Crippen LogP contribution is -2.35. The topological polar surface area (TPSA) is 97.4 Å². The minimum atomic E-state index is -0.104. The molecule has 1 unspecified atom stereocenters. The molecule has 2 aliphatic heterocycles. The molecule has 1 saturated carbocycles. The smallest absolute Gasteiger partial charge is 0.289 e. The Morgan fingerprint density at radius 3 is 2.74 bits per heavy atom. The molecule has 9 nitrogen and oxygen atoms in total. The van der Waals surface area contributed by atoms with Crippen LogP contribution in [0.1, 0.15) is 77.6 Å². The number of carbonyl (C=O) groups is 2. The van der Waals surface area contributed by atoms with Gasteiger partial charge in [-0.05, 0) is 56.6 Å². The molecule has 5 heterocycles. The second kappa shape index (κ2) is 8.21. The fourth-order valence-corrected chi connectivity index (χ4v) is 6.08. The number of amides is 2. The van der Waals surface area contributed by atoms with Gasteiger partial charge in [0.25, 0.3) is 11.8 Å². The Morgan fingerprint density at radius 2 is 1.91 bits per heavy atom. The fraction of sp³-hybridized carbons (Fsp3) is 0.560. The van der Waals surface area contributed by atoms with Crippen molar-refractivity contribution in [2.24, 2.45) is 5.41 Å². The molecule has 9 heteroatoms. The van der Waals surface area contributed by atoms with E-state index < -0.39 is 0 Å². The van der Waals surface area contributed by atoms with E-state index in [-0.39, 0.29) is 23.3 Å². The summed E-state index contributed by atoms with van der Waals surface area (Å²) in [5.41, 5.74) is 2.27. The Labute approximate surface area is 198 Å². The molecule has 1 saturated heterocycles. The van der Waals surface area contributed by atoms with Crippen LogP contribution in [-0.2, 0) is 13.0 Å². The highest BCUT2D eigenvalue weighted by atomic mass is 16.2. The molecule has 178 valence electrons.